The Morgan fingerprint density at radius 1 is 1.14 bits per heavy atom. The molecule has 1 N–H and O–H groups in total. The lowest BCUT2D eigenvalue weighted by atomic mass is 10.2. The van der Waals surface area contributed by atoms with E-state index in [1.54, 1.807) is 13.0 Å². The molecule has 0 saturated heterocycles. The summed E-state index contributed by atoms with van der Waals surface area (Å²) in [5, 5.41) is 2.63. The van der Waals surface area contributed by atoms with Crippen molar-refractivity contribution >= 4 is 29.0 Å². The molecular weight excluding hydrogens is 379 g/mol. The van der Waals surface area contributed by atoms with Crippen molar-refractivity contribution in [2.24, 2.45) is 0 Å². The zero-order valence-electron chi connectivity index (χ0n) is 15.6. The molecule has 2 aromatic carbocycles. The van der Waals surface area contributed by atoms with Crippen LogP contribution in [0.15, 0.2) is 54.6 Å². The van der Waals surface area contributed by atoms with E-state index in [1.807, 2.05) is 37.3 Å². The lowest BCUT2D eigenvalue weighted by Gasteiger charge is -2.22. The van der Waals surface area contributed by atoms with Crippen LogP contribution < -0.4 is 10.2 Å². The van der Waals surface area contributed by atoms with E-state index in [4.69, 9.17) is 11.6 Å². The smallest absolute Gasteiger partial charge is 0.274 e. The van der Waals surface area contributed by atoms with Gasteiger partial charge in [-0.15, -0.1) is 0 Å². The van der Waals surface area contributed by atoms with E-state index in [1.165, 1.54) is 18.2 Å². The Kier molecular flexibility index (Phi) is 6.21. The number of hydrogen-bond donors (Lipinski definition) is 1. The van der Waals surface area contributed by atoms with Gasteiger partial charge in [0.1, 0.15) is 23.2 Å². The van der Waals surface area contributed by atoms with Gasteiger partial charge in [0.2, 0.25) is 0 Å². The van der Waals surface area contributed by atoms with Gasteiger partial charge in [-0.05, 0) is 37.6 Å². The Morgan fingerprint density at radius 2 is 1.89 bits per heavy atom. The largest absolute Gasteiger partial charge is 0.352 e. The summed E-state index contributed by atoms with van der Waals surface area (Å²) in [4.78, 5) is 23.4. The number of nitrogens with zero attached hydrogens (tertiary/aromatic N) is 3. The molecule has 5 nitrogen and oxygen atoms in total. The number of rotatable bonds is 6. The molecule has 0 bridgehead atoms. The lowest BCUT2D eigenvalue weighted by molar-refractivity contribution is 0.102. The standard InChI is InChI=1S/C21H20ClFN4O/c1-3-27(13-15-7-5-4-6-8-15)20-12-19(24-14(2)25-20)21(28)26-16-9-10-18(23)17(22)11-16/h4-12H,3,13H2,1-2H3,(H,26,28). The highest BCUT2D eigenvalue weighted by atomic mass is 35.5. The van der Waals surface area contributed by atoms with Crippen LogP contribution in [-0.4, -0.2) is 22.4 Å². The molecule has 0 aliphatic heterocycles. The third-order valence-corrected chi connectivity index (χ3v) is 4.45. The second-order valence-electron chi connectivity index (χ2n) is 6.24. The molecule has 0 radical (unpaired) electrons. The molecule has 3 rings (SSSR count). The van der Waals surface area contributed by atoms with Gasteiger partial charge in [0, 0.05) is 24.8 Å². The first-order valence-corrected chi connectivity index (χ1v) is 9.25. The second kappa shape index (κ2) is 8.80. The predicted molar refractivity (Wildman–Crippen MR) is 109 cm³/mol. The second-order valence-corrected chi connectivity index (χ2v) is 6.65. The highest BCUT2D eigenvalue weighted by Gasteiger charge is 2.15. The summed E-state index contributed by atoms with van der Waals surface area (Å²) in [6, 6.07) is 15.7. The SMILES string of the molecule is CCN(Cc1ccccc1)c1cc(C(=O)Nc2ccc(F)c(Cl)c2)nc(C)n1. The number of nitrogens with one attached hydrogen (secondary N) is 1. The highest BCUT2D eigenvalue weighted by Crippen LogP contribution is 2.21. The molecule has 0 spiro atoms. The van der Waals surface area contributed by atoms with Gasteiger partial charge in [0.05, 0.1) is 5.02 Å². The summed E-state index contributed by atoms with van der Waals surface area (Å²) in [7, 11) is 0. The summed E-state index contributed by atoms with van der Waals surface area (Å²) < 4.78 is 13.3. The quantitative estimate of drug-likeness (QED) is 0.644. The van der Waals surface area contributed by atoms with Gasteiger partial charge in [-0.1, -0.05) is 41.9 Å². The minimum absolute atomic E-state index is 0.0580. The summed E-state index contributed by atoms with van der Waals surface area (Å²) in [5.41, 5.74) is 1.77. The number of carbonyl (C=O) groups is 1. The maximum absolute atomic E-state index is 13.3. The molecule has 0 saturated carbocycles. The molecule has 1 heterocycles. The molecule has 1 aromatic heterocycles. The fourth-order valence-corrected chi connectivity index (χ4v) is 2.94. The molecule has 0 atom stereocenters. The van der Waals surface area contributed by atoms with E-state index >= 15 is 0 Å². The molecule has 0 aliphatic carbocycles. The van der Waals surface area contributed by atoms with Crippen molar-refractivity contribution in [3.05, 3.63) is 82.5 Å². The van der Waals surface area contributed by atoms with Crippen LogP contribution in [0.25, 0.3) is 0 Å². The Morgan fingerprint density at radius 3 is 2.57 bits per heavy atom. The van der Waals surface area contributed by atoms with E-state index in [9.17, 15) is 9.18 Å². The van der Waals surface area contributed by atoms with E-state index in [2.05, 4.69) is 20.2 Å². The average Bonchev–Trinajstić information content (AvgIpc) is 2.69. The van der Waals surface area contributed by atoms with Crippen molar-refractivity contribution in [1.29, 1.82) is 0 Å². The summed E-state index contributed by atoms with van der Waals surface area (Å²) in [5.74, 6) is 0.206. The monoisotopic (exact) mass is 398 g/mol. The van der Waals surface area contributed by atoms with Gasteiger partial charge >= 0.3 is 0 Å². The van der Waals surface area contributed by atoms with Gasteiger partial charge in [0.15, 0.2) is 0 Å². The predicted octanol–water partition coefficient (Wildman–Crippen LogP) is 4.86. The van der Waals surface area contributed by atoms with Crippen LogP contribution in [0.3, 0.4) is 0 Å². The van der Waals surface area contributed by atoms with E-state index in [0.717, 1.165) is 12.1 Å². The number of amides is 1. The third-order valence-electron chi connectivity index (χ3n) is 4.16. The van der Waals surface area contributed by atoms with Crippen LogP contribution in [0.1, 0.15) is 28.8 Å². The number of aromatic nitrogens is 2. The third kappa shape index (κ3) is 4.84. The molecule has 7 heteroatoms. The van der Waals surface area contributed by atoms with Crippen LogP contribution in [-0.2, 0) is 6.54 Å². The molecule has 0 aliphatic rings. The maximum Gasteiger partial charge on any atom is 0.274 e. The van der Waals surface area contributed by atoms with E-state index in [-0.39, 0.29) is 10.7 Å². The first kappa shape index (κ1) is 19.8. The summed E-state index contributed by atoms with van der Waals surface area (Å²) >= 11 is 5.77. The Bertz CT molecular complexity index is 981. The number of hydrogen-bond acceptors (Lipinski definition) is 4. The number of carbonyl (C=O) groups excluding carboxylic acids is 1. The minimum atomic E-state index is -0.542. The molecule has 28 heavy (non-hydrogen) atoms. The zero-order valence-corrected chi connectivity index (χ0v) is 16.4. The van der Waals surface area contributed by atoms with E-state index < -0.39 is 11.7 Å². The molecule has 0 fully saturated rings. The molecule has 3 aromatic rings. The number of anilines is 2. The van der Waals surface area contributed by atoms with Crippen LogP contribution in [0.5, 0.6) is 0 Å². The normalized spacial score (nSPS) is 10.6. The number of aryl methyl sites for hydroxylation is 1. The lowest BCUT2D eigenvalue weighted by Crippen LogP contribution is -2.25. The van der Waals surface area contributed by atoms with Gasteiger partial charge in [-0.3, -0.25) is 4.79 Å². The van der Waals surface area contributed by atoms with Gasteiger partial charge in [0.25, 0.3) is 5.91 Å². The van der Waals surface area contributed by atoms with Crippen molar-refractivity contribution < 1.29 is 9.18 Å². The first-order chi connectivity index (χ1) is 13.5. The van der Waals surface area contributed by atoms with E-state index in [0.29, 0.717) is 23.9 Å². The Hall–Kier alpha value is -2.99. The highest BCUT2D eigenvalue weighted by molar-refractivity contribution is 6.31. The van der Waals surface area contributed by atoms with Gasteiger partial charge in [-0.2, -0.15) is 0 Å². The van der Waals surface area contributed by atoms with Crippen molar-refractivity contribution in [3.8, 4) is 0 Å². The molecule has 144 valence electrons. The summed E-state index contributed by atoms with van der Waals surface area (Å²) in [6.45, 7) is 5.16. The number of halogens is 2. The van der Waals surface area contributed by atoms with Gasteiger partial charge < -0.3 is 10.2 Å². The van der Waals surface area contributed by atoms with Crippen molar-refractivity contribution in [2.75, 3.05) is 16.8 Å². The van der Waals surface area contributed by atoms with Crippen LogP contribution in [0, 0.1) is 12.7 Å². The number of benzene rings is 2. The van der Waals surface area contributed by atoms with Crippen molar-refractivity contribution in [2.45, 2.75) is 20.4 Å². The molecule has 1 amide bonds. The Balaban J connectivity index is 1.83. The van der Waals surface area contributed by atoms with Gasteiger partial charge in [-0.25, -0.2) is 14.4 Å². The molecule has 0 unspecified atom stereocenters. The zero-order chi connectivity index (χ0) is 20.1. The molecular formula is C21H20ClFN4O. The van der Waals surface area contributed by atoms with Crippen LogP contribution >= 0.6 is 11.6 Å². The fraction of sp³-hybridized carbons (Fsp3) is 0.190. The van der Waals surface area contributed by atoms with Crippen LogP contribution in [0.4, 0.5) is 15.9 Å². The fourth-order valence-electron chi connectivity index (χ4n) is 2.76. The first-order valence-electron chi connectivity index (χ1n) is 8.87. The average molecular weight is 399 g/mol. The summed E-state index contributed by atoms with van der Waals surface area (Å²) in [6.07, 6.45) is 0. The van der Waals surface area contributed by atoms with Crippen LogP contribution in [0.2, 0.25) is 5.02 Å². The van der Waals surface area contributed by atoms with Crippen molar-refractivity contribution in [1.82, 2.24) is 9.97 Å². The Labute approximate surface area is 168 Å². The van der Waals surface area contributed by atoms with Crippen molar-refractivity contribution in [3.63, 3.8) is 0 Å². The minimum Gasteiger partial charge on any atom is -0.352 e. The topological polar surface area (TPSA) is 58.1 Å². The maximum atomic E-state index is 13.3.